The molecule has 0 fully saturated rings. The summed E-state index contributed by atoms with van der Waals surface area (Å²) in [6.45, 7) is 4.15. The summed E-state index contributed by atoms with van der Waals surface area (Å²) in [5, 5.41) is 13.3. The number of carbonyl (C=O) groups excluding carboxylic acids is 1. The highest BCUT2D eigenvalue weighted by molar-refractivity contribution is 7.98. The van der Waals surface area contributed by atoms with Crippen LogP contribution in [0.1, 0.15) is 44.5 Å². The van der Waals surface area contributed by atoms with Gasteiger partial charge < -0.3 is 14.8 Å². The Balaban J connectivity index is 1.55. The second-order valence-corrected chi connectivity index (χ2v) is 11.0. The summed E-state index contributed by atoms with van der Waals surface area (Å²) < 4.78 is 12.9. The number of hydrogen-bond donors (Lipinski definition) is 1. The van der Waals surface area contributed by atoms with Gasteiger partial charge >= 0.3 is 0 Å². The van der Waals surface area contributed by atoms with Crippen LogP contribution in [0.5, 0.6) is 11.5 Å². The molecule has 5 rings (SSSR count). The summed E-state index contributed by atoms with van der Waals surface area (Å²) in [5.74, 6) is 2.21. The van der Waals surface area contributed by atoms with E-state index >= 15 is 0 Å². The molecule has 8 heteroatoms. The van der Waals surface area contributed by atoms with E-state index in [0.29, 0.717) is 29.3 Å². The summed E-state index contributed by atoms with van der Waals surface area (Å²) in [6, 6.07) is 31.5. The molecule has 0 saturated carbocycles. The van der Waals surface area contributed by atoms with E-state index in [4.69, 9.17) is 9.47 Å². The topological polar surface area (TPSA) is 78.3 Å². The predicted octanol–water partition coefficient (Wildman–Crippen LogP) is 6.91. The fourth-order valence-corrected chi connectivity index (χ4v) is 5.63. The van der Waals surface area contributed by atoms with E-state index in [9.17, 15) is 4.79 Å². The van der Waals surface area contributed by atoms with Gasteiger partial charge in [0.15, 0.2) is 11.0 Å². The van der Waals surface area contributed by atoms with E-state index in [0.717, 1.165) is 27.7 Å². The van der Waals surface area contributed by atoms with Crippen LogP contribution < -0.4 is 14.8 Å². The minimum absolute atomic E-state index is 0.263. The molecule has 1 aromatic heterocycles. The molecule has 1 N–H and O–H groups in total. The van der Waals surface area contributed by atoms with E-state index in [-0.39, 0.29) is 5.91 Å². The van der Waals surface area contributed by atoms with E-state index in [1.165, 1.54) is 11.1 Å². The number of hydrogen-bond acceptors (Lipinski definition) is 6. The summed E-state index contributed by atoms with van der Waals surface area (Å²) in [4.78, 5) is 13.7. The van der Waals surface area contributed by atoms with Gasteiger partial charge in [0.1, 0.15) is 11.5 Å². The van der Waals surface area contributed by atoms with Crippen molar-refractivity contribution in [1.29, 1.82) is 0 Å². The summed E-state index contributed by atoms with van der Waals surface area (Å²) in [7, 11) is 3.13. The Morgan fingerprint density at radius 1 is 0.810 bits per heavy atom. The average molecular weight is 579 g/mol. The van der Waals surface area contributed by atoms with Crippen LogP contribution in [0.25, 0.3) is 5.69 Å². The zero-order valence-corrected chi connectivity index (χ0v) is 25.0. The molecule has 0 saturated heterocycles. The van der Waals surface area contributed by atoms with Crippen LogP contribution in [0.3, 0.4) is 0 Å². The maximum Gasteiger partial charge on any atom is 0.252 e. The van der Waals surface area contributed by atoms with Gasteiger partial charge in [0.05, 0.1) is 20.3 Å². The Hall–Kier alpha value is -4.56. The monoisotopic (exact) mass is 578 g/mol. The number of carbonyl (C=O) groups is 1. The van der Waals surface area contributed by atoms with Crippen LogP contribution in [0.15, 0.2) is 102 Å². The lowest BCUT2D eigenvalue weighted by atomic mass is 10.0. The molecule has 0 bridgehead atoms. The van der Waals surface area contributed by atoms with E-state index in [2.05, 4.69) is 82.5 Å². The van der Waals surface area contributed by atoms with Gasteiger partial charge in [0.25, 0.3) is 5.91 Å². The third-order valence-corrected chi connectivity index (χ3v) is 7.91. The Kier molecular flexibility index (Phi) is 9.24. The van der Waals surface area contributed by atoms with Crippen LogP contribution in [0.4, 0.5) is 0 Å². The third-order valence-electron chi connectivity index (χ3n) is 6.91. The quantitative estimate of drug-likeness (QED) is 0.172. The predicted molar refractivity (Wildman–Crippen MR) is 167 cm³/mol. The van der Waals surface area contributed by atoms with Gasteiger partial charge in [-0.05, 0) is 55.7 Å². The normalized spacial score (nSPS) is 11.6. The van der Waals surface area contributed by atoms with Crippen molar-refractivity contribution in [3.05, 3.63) is 131 Å². The number of benzene rings is 4. The van der Waals surface area contributed by atoms with E-state index in [1.807, 2.05) is 30.3 Å². The van der Waals surface area contributed by atoms with Gasteiger partial charge in [-0.1, -0.05) is 89.6 Å². The van der Waals surface area contributed by atoms with Crippen molar-refractivity contribution in [1.82, 2.24) is 20.1 Å². The number of thioether (sulfide) groups is 1. The summed E-state index contributed by atoms with van der Waals surface area (Å²) in [5.41, 5.74) is 6.01. The van der Waals surface area contributed by atoms with Gasteiger partial charge in [0.2, 0.25) is 0 Å². The lowest BCUT2D eigenvalue weighted by molar-refractivity contribution is 0.0933. The van der Waals surface area contributed by atoms with E-state index in [1.54, 1.807) is 44.2 Å². The molecule has 1 unspecified atom stereocenters. The van der Waals surface area contributed by atoms with Gasteiger partial charge in [-0.3, -0.25) is 9.36 Å². The second-order valence-electron chi connectivity index (χ2n) is 10.1. The molecule has 1 atom stereocenters. The Morgan fingerprint density at radius 2 is 1.50 bits per heavy atom. The molecule has 0 aliphatic heterocycles. The van der Waals surface area contributed by atoms with Gasteiger partial charge in [-0.15, -0.1) is 10.2 Å². The molecule has 214 valence electrons. The largest absolute Gasteiger partial charge is 0.497 e. The fraction of sp³-hybridized carbons (Fsp3) is 0.206. The minimum atomic E-state index is -0.473. The van der Waals surface area contributed by atoms with Crippen molar-refractivity contribution < 1.29 is 14.3 Å². The maximum atomic E-state index is 13.7. The van der Waals surface area contributed by atoms with Crippen molar-refractivity contribution in [2.45, 2.75) is 37.2 Å². The first-order valence-electron chi connectivity index (χ1n) is 13.7. The summed E-state index contributed by atoms with van der Waals surface area (Å²) >= 11 is 1.62. The first-order chi connectivity index (χ1) is 20.4. The smallest absolute Gasteiger partial charge is 0.252 e. The summed E-state index contributed by atoms with van der Waals surface area (Å²) in [6.07, 6.45) is 0.528. The lowest BCUT2D eigenvalue weighted by Crippen LogP contribution is -2.32. The molecule has 4 aromatic carbocycles. The first-order valence-corrected chi connectivity index (χ1v) is 14.7. The highest BCUT2D eigenvalue weighted by Crippen LogP contribution is 2.30. The molecule has 0 radical (unpaired) electrons. The van der Waals surface area contributed by atoms with Crippen LogP contribution in [0.2, 0.25) is 0 Å². The van der Waals surface area contributed by atoms with Gasteiger partial charge in [-0.25, -0.2) is 0 Å². The minimum Gasteiger partial charge on any atom is -0.497 e. The van der Waals surface area contributed by atoms with Gasteiger partial charge in [-0.2, -0.15) is 0 Å². The lowest BCUT2D eigenvalue weighted by Gasteiger charge is -2.21. The SMILES string of the molecule is COc1cc(OC)cc(C(=O)NC(Cc2ccccc2)c2nnc(SCc3cccc(C)c3)n2-c2ccc(C)cc2)c1. The van der Waals surface area contributed by atoms with Crippen LogP contribution in [-0.4, -0.2) is 34.9 Å². The van der Waals surface area contributed by atoms with Gasteiger partial charge in [0, 0.05) is 23.1 Å². The number of methoxy groups -OCH3 is 2. The molecule has 1 heterocycles. The number of amides is 1. The highest BCUT2D eigenvalue weighted by atomic mass is 32.2. The molecular weight excluding hydrogens is 544 g/mol. The molecule has 0 aliphatic rings. The standard InChI is InChI=1S/C34H34N4O3S/c1-23-13-15-28(16-14-23)38-32(36-37-34(38)42-22-26-12-8-9-24(2)17-26)31(18-25-10-6-5-7-11-25)35-33(39)27-19-29(40-3)21-30(20-27)41-4/h5-17,19-21,31H,18,22H2,1-4H3,(H,35,39). The van der Waals surface area contributed by atoms with Crippen molar-refractivity contribution in [2.75, 3.05) is 14.2 Å². The van der Waals surface area contributed by atoms with Crippen molar-refractivity contribution in [2.24, 2.45) is 0 Å². The fourth-order valence-electron chi connectivity index (χ4n) is 4.72. The molecular formula is C34H34N4O3S. The van der Waals surface area contributed by atoms with Crippen LogP contribution in [0, 0.1) is 13.8 Å². The average Bonchev–Trinajstić information content (AvgIpc) is 3.44. The van der Waals surface area contributed by atoms with E-state index < -0.39 is 6.04 Å². The molecule has 0 spiro atoms. The molecule has 42 heavy (non-hydrogen) atoms. The Morgan fingerprint density at radius 3 is 2.17 bits per heavy atom. The maximum absolute atomic E-state index is 13.7. The first kappa shape index (κ1) is 29.0. The van der Waals surface area contributed by atoms with Crippen molar-refractivity contribution in [3.8, 4) is 17.2 Å². The number of aryl methyl sites for hydroxylation is 2. The number of nitrogens with zero attached hydrogens (tertiary/aromatic N) is 3. The number of ether oxygens (including phenoxy) is 2. The third kappa shape index (κ3) is 7.01. The number of aromatic nitrogens is 3. The number of nitrogens with one attached hydrogen (secondary N) is 1. The highest BCUT2D eigenvalue weighted by Gasteiger charge is 2.26. The van der Waals surface area contributed by atoms with Crippen LogP contribution >= 0.6 is 11.8 Å². The zero-order chi connectivity index (χ0) is 29.5. The van der Waals surface area contributed by atoms with Crippen molar-refractivity contribution in [3.63, 3.8) is 0 Å². The second kappa shape index (κ2) is 13.4. The number of rotatable bonds is 11. The van der Waals surface area contributed by atoms with Crippen LogP contribution in [-0.2, 0) is 12.2 Å². The van der Waals surface area contributed by atoms with Crippen molar-refractivity contribution >= 4 is 17.7 Å². The Bertz CT molecular complexity index is 1630. The molecule has 7 nitrogen and oxygen atoms in total. The zero-order valence-electron chi connectivity index (χ0n) is 24.2. The Labute approximate surface area is 250 Å². The molecule has 0 aliphatic carbocycles. The molecule has 5 aromatic rings. The molecule has 1 amide bonds.